The van der Waals surface area contributed by atoms with Crippen LogP contribution in [-0.4, -0.2) is 90.2 Å². The summed E-state index contributed by atoms with van der Waals surface area (Å²) in [5.41, 5.74) is 1.71. The Kier molecular flexibility index (Phi) is 5.90. The second-order valence-electron chi connectivity index (χ2n) is 8.27. The number of carbonyl (C=O) groups excluding carboxylic acids is 1. The summed E-state index contributed by atoms with van der Waals surface area (Å²) in [6.07, 6.45) is 0.349. The zero-order valence-corrected chi connectivity index (χ0v) is 18.4. The van der Waals surface area contributed by atoms with E-state index in [-0.39, 0.29) is 5.91 Å². The number of amides is 1. The Bertz CT molecular complexity index is 877. The van der Waals surface area contributed by atoms with Gasteiger partial charge >= 0.3 is 0 Å². The van der Waals surface area contributed by atoms with Crippen LogP contribution in [0.2, 0.25) is 0 Å². The highest BCUT2D eigenvalue weighted by molar-refractivity contribution is 5.79. The van der Waals surface area contributed by atoms with Crippen molar-refractivity contribution >= 4 is 17.5 Å². The number of carbonyl (C=O) groups is 1. The molecule has 2 saturated heterocycles. The van der Waals surface area contributed by atoms with Gasteiger partial charge in [0.05, 0.1) is 12.1 Å². The average molecular weight is 414 g/mol. The van der Waals surface area contributed by atoms with E-state index in [1.807, 2.05) is 25.7 Å². The number of piperazine rings is 2. The number of nitrogens with zero attached hydrogens (tertiary/aromatic N) is 7. The summed E-state index contributed by atoms with van der Waals surface area (Å²) in [4.78, 5) is 31.0. The molecule has 2 aliphatic rings. The Hall–Kier alpha value is -2.68. The Morgan fingerprint density at radius 2 is 1.50 bits per heavy atom. The summed E-state index contributed by atoms with van der Waals surface area (Å²) in [6.45, 7) is 12.7. The van der Waals surface area contributed by atoms with Crippen LogP contribution >= 0.6 is 0 Å². The van der Waals surface area contributed by atoms with Crippen molar-refractivity contribution in [3.8, 4) is 0 Å². The zero-order chi connectivity index (χ0) is 21.3. The second-order valence-corrected chi connectivity index (χ2v) is 8.27. The molecule has 1 amide bonds. The molecule has 4 heterocycles. The molecule has 0 N–H and O–H groups in total. The first-order chi connectivity index (χ1) is 14.4. The molecule has 0 spiro atoms. The lowest BCUT2D eigenvalue weighted by atomic mass is 10.1. The lowest BCUT2D eigenvalue weighted by molar-refractivity contribution is -0.130. The summed E-state index contributed by atoms with van der Waals surface area (Å²) in [7, 11) is 2.15. The van der Waals surface area contributed by atoms with Crippen molar-refractivity contribution in [2.75, 3.05) is 69.2 Å². The first-order valence-electron chi connectivity index (χ1n) is 10.6. The SMILES string of the molecule is Cc1nc(N2CCN(C)CC2)cc(N2CCN(C(=O)Cc3c(C)noc3C)CC2)n1. The Morgan fingerprint density at radius 3 is 2.03 bits per heavy atom. The van der Waals surface area contributed by atoms with Gasteiger partial charge in [-0.15, -0.1) is 0 Å². The van der Waals surface area contributed by atoms with Gasteiger partial charge in [0, 0.05) is 64.0 Å². The predicted molar refractivity (Wildman–Crippen MR) is 115 cm³/mol. The Balaban J connectivity index is 1.38. The van der Waals surface area contributed by atoms with Crippen LogP contribution < -0.4 is 9.80 Å². The molecule has 0 unspecified atom stereocenters. The van der Waals surface area contributed by atoms with Gasteiger partial charge in [-0.1, -0.05) is 5.16 Å². The fraction of sp³-hybridized carbons (Fsp3) is 0.619. The van der Waals surface area contributed by atoms with Crippen LogP contribution in [0.4, 0.5) is 11.6 Å². The number of hydrogen-bond acceptors (Lipinski definition) is 8. The maximum Gasteiger partial charge on any atom is 0.227 e. The fourth-order valence-corrected chi connectivity index (χ4v) is 4.10. The molecule has 2 aromatic rings. The molecule has 2 aromatic heterocycles. The van der Waals surface area contributed by atoms with Crippen LogP contribution in [0, 0.1) is 20.8 Å². The maximum absolute atomic E-state index is 12.8. The lowest BCUT2D eigenvalue weighted by Crippen LogP contribution is -2.49. The monoisotopic (exact) mass is 413 g/mol. The van der Waals surface area contributed by atoms with Gasteiger partial charge in [0.2, 0.25) is 5.91 Å². The van der Waals surface area contributed by atoms with Gasteiger partial charge in [0.25, 0.3) is 0 Å². The van der Waals surface area contributed by atoms with E-state index in [0.29, 0.717) is 19.5 Å². The molecule has 0 aromatic carbocycles. The minimum atomic E-state index is 0.126. The van der Waals surface area contributed by atoms with E-state index in [1.165, 1.54) is 0 Å². The van der Waals surface area contributed by atoms with Gasteiger partial charge in [0.1, 0.15) is 23.2 Å². The fourth-order valence-electron chi connectivity index (χ4n) is 4.10. The highest BCUT2D eigenvalue weighted by atomic mass is 16.5. The van der Waals surface area contributed by atoms with E-state index in [1.54, 1.807) is 0 Å². The van der Waals surface area contributed by atoms with Crippen molar-refractivity contribution < 1.29 is 9.32 Å². The van der Waals surface area contributed by atoms with Crippen molar-refractivity contribution in [2.24, 2.45) is 0 Å². The van der Waals surface area contributed by atoms with Gasteiger partial charge in [-0.05, 0) is 27.8 Å². The largest absolute Gasteiger partial charge is 0.361 e. The van der Waals surface area contributed by atoms with E-state index >= 15 is 0 Å². The van der Waals surface area contributed by atoms with Crippen molar-refractivity contribution in [3.05, 3.63) is 28.9 Å². The molecule has 9 heteroatoms. The molecule has 30 heavy (non-hydrogen) atoms. The van der Waals surface area contributed by atoms with Crippen molar-refractivity contribution in [1.29, 1.82) is 0 Å². The summed E-state index contributed by atoms with van der Waals surface area (Å²) >= 11 is 0. The quantitative estimate of drug-likeness (QED) is 0.735. The Labute approximate surface area is 177 Å². The molecule has 0 atom stereocenters. The minimum absolute atomic E-state index is 0.126. The molecule has 0 bridgehead atoms. The molecular formula is C21H31N7O2. The van der Waals surface area contributed by atoms with Crippen LogP contribution in [0.1, 0.15) is 22.8 Å². The smallest absolute Gasteiger partial charge is 0.227 e. The van der Waals surface area contributed by atoms with E-state index in [0.717, 1.165) is 73.7 Å². The number of anilines is 2. The van der Waals surface area contributed by atoms with Crippen molar-refractivity contribution in [2.45, 2.75) is 27.2 Å². The minimum Gasteiger partial charge on any atom is -0.361 e. The van der Waals surface area contributed by atoms with Crippen molar-refractivity contribution in [3.63, 3.8) is 0 Å². The number of likely N-dealkylation sites (N-methyl/N-ethyl adjacent to an activating group) is 1. The summed E-state index contributed by atoms with van der Waals surface area (Å²) < 4.78 is 5.19. The molecule has 2 aliphatic heterocycles. The molecule has 0 radical (unpaired) electrons. The maximum atomic E-state index is 12.8. The van der Waals surface area contributed by atoms with Gasteiger partial charge in [-0.25, -0.2) is 9.97 Å². The molecule has 162 valence electrons. The number of hydrogen-bond donors (Lipinski definition) is 0. The van der Waals surface area contributed by atoms with E-state index < -0.39 is 0 Å². The first kappa shape index (κ1) is 20.6. The third-order valence-electron chi connectivity index (χ3n) is 6.10. The third-order valence-corrected chi connectivity index (χ3v) is 6.10. The summed E-state index contributed by atoms with van der Waals surface area (Å²) in [6, 6.07) is 2.10. The number of aryl methyl sites for hydroxylation is 3. The van der Waals surface area contributed by atoms with Gasteiger partial charge < -0.3 is 24.1 Å². The summed E-state index contributed by atoms with van der Waals surface area (Å²) in [5, 5.41) is 3.95. The van der Waals surface area contributed by atoms with E-state index in [2.05, 4.69) is 42.9 Å². The van der Waals surface area contributed by atoms with Crippen LogP contribution in [0.15, 0.2) is 10.6 Å². The predicted octanol–water partition coefficient (Wildman–Crippen LogP) is 1.03. The topological polar surface area (TPSA) is 81.8 Å². The Morgan fingerprint density at radius 1 is 0.933 bits per heavy atom. The molecule has 4 rings (SSSR count). The standard InChI is InChI=1S/C21H31N7O2/c1-15-18(16(2)30-24-15)13-21(29)28-11-9-27(10-12-28)20-14-19(22-17(3)23-20)26-7-5-25(4)6-8-26/h14H,5-13H2,1-4H3. The molecular weight excluding hydrogens is 382 g/mol. The highest BCUT2D eigenvalue weighted by Gasteiger charge is 2.25. The molecule has 2 fully saturated rings. The molecule has 0 saturated carbocycles. The first-order valence-corrected chi connectivity index (χ1v) is 10.6. The van der Waals surface area contributed by atoms with Gasteiger partial charge in [0.15, 0.2) is 0 Å². The average Bonchev–Trinajstić information content (AvgIpc) is 3.06. The van der Waals surface area contributed by atoms with Gasteiger partial charge in [-0.3, -0.25) is 4.79 Å². The molecule has 0 aliphatic carbocycles. The van der Waals surface area contributed by atoms with Crippen LogP contribution in [0.25, 0.3) is 0 Å². The van der Waals surface area contributed by atoms with Gasteiger partial charge in [-0.2, -0.15) is 0 Å². The normalized spacial score (nSPS) is 18.2. The van der Waals surface area contributed by atoms with Crippen LogP contribution in [-0.2, 0) is 11.2 Å². The third kappa shape index (κ3) is 4.40. The second kappa shape index (κ2) is 8.59. The number of rotatable bonds is 4. The number of aromatic nitrogens is 3. The van der Waals surface area contributed by atoms with E-state index in [9.17, 15) is 4.79 Å². The van der Waals surface area contributed by atoms with Crippen LogP contribution in [0.3, 0.4) is 0 Å². The highest BCUT2D eigenvalue weighted by Crippen LogP contribution is 2.22. The molecule has 9 nitrogen and oxygen atoms in total. The lowest BCUT2D eigenvalue weighted by Gasteiger charge is -2.37. The van der Waals surface area contributed by atoms with Crippen LogP contribution in [0.5, 0.6) is 0 Å². The van der Waals surface area contributed by atoms with Crippen molar-refractivity contribution in [1.82, 2.24) is 24.9 Å². The summed E-state index contributed by atoms with van der Waals surface area (Å²) in [5.74, 6) is 3.60. The zero-order valence-electron chi connectivity index (χ0n) is 18.4. The van der Waals surface area contributed by atoms with E-state index in [4.69, 9.17) is 4.52 Å².